The number of aliphatic carboxylic acids is 1. The molecular formula is C40H44B2I2O10P2. The fourth-order valence-corrected chi connectivity index (χ4v) is 9.47. The Morgan fingerprint density at radius 3 is 2.11 bits per heavy atom. The van der Waals surface area contributed by atoms with Gasteiger partial charge in [0.15, 0.2) is 0 Å². The van der Waals surface area contributed by atoms with Gasteiger partial charge in [0, 0.05) is 24.0 Å². The first-order chi connectivity index (χ1) is 26.7. The van der Waals surface area contributed by atoms with Gasteiger partial charge in [-0.15, -0.1) is 22.4 Å². The molecule has 1 saturated heterocycles. The van der Waals surface area contributed by atoms with Crippen molar-refractivity contribution in [1.82, 2.24) is 0 Å². The topological polar surface area (TPSA) is 135 Å². The van der Waals surface area contributed by atoms with Crippen LogP contribution in [0.1, 0.15) is 62.3 Å². The largest absolute Gasteiger partial charge is 0.489 e. The number of rotatable bonds is 18. The molecule has 0 aromatic heterocycles. The van der Waals surface area contributed by atoms with E-state index in [1.807, 2.05) is 53.6 Å². The average molecular weight is 1020 g/mol. The number of fused-ring (bicyclic) bond motifs is 2. The molecule has 7 unspecified atom stereocenters. The van der Waals surface area contributed by atoms with E-state index in [9.17, 15) is 24.3 Å². The lowest BCUT2D eigenvalue weighted by Crippen LogP contribution is -2.26. The van der Waals surface area contributed by atoms with E-state index in [0.29, 0.717) is 30.8 Å². The van der Waals surface area contributed by atoms with Gasteiger partial charge in [0.25, 0.3) is 4.29 Å². The van der Waals surface area contributed by atoms with Crippen LogP contribution < -0.4 is 9.47 Å². The Kier molecular flexibility index (Phi) is 16.1. The van der Waals surface area contributed by atoms with E-state index in [1.165, 1.54) is 0 Å². The lowest BCUT2D eigenvalue weighted by atomic mass is 9.82. The maximum absolute atomic E-state index is 12.9. The number of benzene rings is 4. The quantitative estimate of drug-likeness (QED) is 0.0339. The number of esters is 3. The summed E-state index contributed by atoms with van der Waals surface area (Å²) in [7, 11) is 8.39. The van der Waals surface area contributed by atoms with Gasteiger partial charge in [0.2, 0.25) is 0 Å². The molecule has 0 amide bonds. The molecule has 2 radical (unpaired) electrons. The first kappa shape index (κ1) is 44.4. The molecule has 0 aliphatic carbocycles. The van der Waals surface area contributed by atoms with Crippen LogP contribution in [0.3, 0.4) is 0 Å². The van der Waals surface area contributed by atoms with E-state index < -0.39 is 53.3 Å². The normalized spacial score (nSPS) is 17.4. The van der Waals surface area contributed by atoms with E-state index in [-0.39, 0.29) is 36.2 Å². The fraction of sp³-hybridized carbons (Fsp3) is 0.400. The van der Waals surface area contributed by atoms with Gasteiger partial charge in [-0.3, -0.25) is 19.2 Å². The number of carboxylic acids is 1. The zero-order valence-electron chi connectivity index (χ0n) is 31.7. The second kappa shape index (κ2) is 20.3. The number of carboxylic acid groups (broad SMARTS) is 1. The highest BCUT2D eigenvalue weighted by atomic mass is 127. The van der Waals surface area contributed by atoms with Gasteiger partial charge < -0.3 is 28.8 Å². The summed E-state index contributed by atoms with van der Waals surface area (Å²) >= 11 is 4.04. The molecule has 10 nitrogen and oxygen atoms in total. The highest BCUT2D eigenvalue weighted by molar-refractivity contribution is 14.2. The zero-order chi connectivity index (χ0) is 40.7. The van der Waals surface area contributed by atoms with Crippen LogP contribution in [0.15, 0.2) is 60.7 Å². The maximum atomic E-state index is 12.9. The van der Waals surface area contributed by atoms with Gasteiger partial charge in [0.05, 0.1) is 24.6 Å². The maximum Gasteiger partial charge on any atom is 0.310 e. The lowest BCUT2D eigenvalue weighted by molar-refractivity contribution is -0.154. The van der Waals surface area contributed by atoms with Gasteiger partial charge in [-0.25, -0.2) is 0 Å². The molecule has 7 atom stereocenters. The summed E-state index contributed by atoms with van der Waals surface area (Å²) in [6.45, 7) is 7.69. The average Bonchev–Trinajstić information content (AvgIpc) is 3.51. The highest BCUT2D eigenvalue weighted by Crippen LogP contribution is 2.51. The minimum absolute atomic E-state index is 0.0549. The molecule has 0 spiro atoms. The van der Waals surface area contributed by atoms with E-state index in [4.69, 9.17) is 31.3 Å². The van der Waals surface area contributed by atoms with Crippen LogP contribution in [-0.2, 0) is 46.2 Å². The summed E-state index contributed by atoms with van der Waals surface area (Å²) < 4.78 is 29.4. The molecule has 1 heterocycles. The number of hydrogen-bond acceptors (Lipinski definition) is 9. The number of aryl methyl sites for hydroxylation is 2. The molecule has 1 aliphatic rings. The highest BCUT2D eigenvalue weighted by Gasteiger charge is 2.38. The van der Waals surface area contributed by atoms with Gasteiger partial charge in [-0.05, 0) is 72.0 Å². The molecule has 4 aromatic carbocycles. The van der Waals surface area contributed by atoms with Crippen molar-refractivity contribution in [3.05, 3.63) is 82.9 Å². The zero-order valence-corrected chi connectivity index (χ0v) is 38.0. The van der Waals surface area contributed by atoms with Gasteiger partial charge in [-0.2, -0.15) is 9.12 Å². The van der Waals surface area contributed by atoms with Crippen molar-refractivity contribution >= 4 is 116 Å². The van der Waals surface area contributed by atoms with Crippen molar-refractivity contribution in [2.75, 3.05) is 13.2 Å². The lowest BCUT2D eigenvalue weighted by Gasteiger charge is -2.23. The standard InChI is InChI=1S/C40H44B2I2O10P2/c1-5-29-30-12-8-7-11-26(30)15-27(38(29)51-21-24(4)52-34(45)17-28-18-36(56(41)44)54-40(28)49)16-32-31-13-9-6-10-25(31)14-22(2)37(32)50-20-23(3)53-35(46)19-33(39(47)48)42(43)55/h6-15,23-24,28,33,36H,5,16-21,55H2,1-4H3,(H,47,48). The Balaban J connectivity index is 1.40. The van der Waals surface area contributed by atoms with Crippen molar-refractivity contribution in [1.29, 1.82) is 0 Å². The SMILES string of the molecule is [B]P(I)C1CC(CC(=O)OC(C)COc2c(Cc3c(OCC(C)OC(=O)CC(B(P)I)C(=O)O)c(C)cc4ccccc34)cc3ccccc3c2CC)C(=O)O1. The van der Waals surface area contributed by atoms with Crippen molar-refractivity contribution < 1.29 is 48.0 Å². The Bertz CT molecular complexity index is 2080. The smallest absolute Gasteiger partial charge is 0.310 e. The molecule has 56 heavy (non-hydrogen) atoms. The minimum Gasteiger partial charge on any atom is -0.489 e. The van der Waals surface area contributed by atoms with E-state index in [0.717, 1.165) is 43.8 Å². The Morgan fingerprint density at radius 2 is 1.54 bits per heavy atom. The number of carbonyl (C=O) groups excluding carboxylic acids is 3. The predicted octanol–water partition coefficient (Wildman–Crippen LogP) is 8.91. The van der Waals surface area contributed by atoms with Gasteiger partial charge >= 0.3 is 23.9 Å². The summed E-state index contributed by atoms with van der Waals surface area (Å²) in [6.07, 6.45) is -0.0630. The first-order valence-corrected chi connectivity index (χ1v) is 24.6. The van der Waals surface area contributed by atoms with Crippen LogP contribution >= 0.6 is 59.0 Å². The van der Waals surface area contributed by atoms with Crippen LogP contribution in [0.25, 0.3) is 21.5 Å². The van der Waals surface area contributed by atoms with Crippen molar-refractivity contribution in [2.24, 2.45) is 5.92 Å². The molecule has 1 aliphatic heterocycles. The number of carbonyl (C=O) groups is 4. The Labute approximate surface area is 358 Å². The van der Waals surface area contributed by atoms with E-state index >= 15 is 0 Å². The second-order valence-electron chi connectivity index (χ2n) is 14.0. The molecule has 5 rings (SSSR count). The number of cyclic esters (lactones) is 1. The van der Waals surface area contributed by atoms with Crippen LogP contribution in [0.5, 0.6) is 11.5 Å². The summed E-state index contributed by atoms with van der Waals surface area (Å²) in [5.41, 5.74) is 2.78. The van der Waals surface area contributed by atoms with Crippen LogP contribution in [-0.4, -0.2) is 72.1 Å². The molecule has 0 bridgehead atoms. The number of ether oxygens (including phenoxy) is 5. The molecule has 0 saturated carbocycles. The van der Waals surface area contributed by atoms with Crippen molar-refractivity contribution in [2.45, 2.75) is 83.7 Å². The summed E-state index contributed by atoms with van der Waals surface area (Å²) in [5.74, 6) is -3.05. The molecular weight excluding hydrogens is 978 g/mol. The van der Waals surface area contributed by atoms with E-state index in [1.54, 1.807) is 13.8 Å². The van der Waals surface area contributed by atoms with Gasteiger partial charge in [-0.1, -0.05) is 82.9 Å². The third-order valence-electron chi connectivity index (χ3n) is 9.63. The first-order valence-electron chi connectivity index (χ1n) is 18.4. The Hall–Kier alpha value is -2.67. The molecule has 16 heteroatoms. The summed E-state index contributed by atoms with van der Waals surface area (Å²) in [5, 5.41) is 13.7. The molecule has 294 valence electrons. The van der Waals surface area contributed by atoms with Gasteiger partial charge in [0.1, 0.15) is 50.3 Å². The fourth-order valence-electron chi connectivity index (χ4n) is 6.92. The minimum atomic E-state index is -1.06. The molecule has 1 N–H and O–H groups in total. The van der Waals surface area contributed by atoms with Crippen LogP contribution in [0, 0.1) is 12.8 Å². The van der Waals surface area contributed by atoms with Crippen molar-refractivity contribution in [3.63, 3.8) is 0 Å². The number of hydrogen-bond donors (Lipinski definition) is 1. The van der Waals surface area contributed by atoms with Crippen LogP contribution in [0.2, 0.25) is 5.82 Å². The predicted molar refractivity (Wildman–Crippen MR) is 242 cm³/mol. The van der Waals surface area contributed by atoms with Crippen LogP contribution in [0.4, 0.5) is 0 Å². The summed E-state index contributed by atoms with van der Waals surface area (Å²) in [4.78, 5) is 49.7. The molecule has 1 fully saturated rings. The Morgan fingerprint density at radius 1 is 0.964 bits per heavy atom. The van der Waals surface area contributed by atoms with E-state index in [2.05, 4.69) is 74.5 Å². The summed E-state index contributed by atoms with van der Waals surface area (Å²) in [6, 6.07) is 20.4. The number of halogens is 2. The molecule has 4 aromatic rings. The third-order valence-corrected chi connectivity index (χ3v) is 13.7. The monoisotopic (exact) mass is 1020 g/mol. The second-order valence-corrected chi connectivity index (χ2v) is 22.1. The van der Waals surface area contributed by atoms with Crippen molar-refractivity contribution in [3.8, 4) is 11.5 Å². The third kappa shape index (κ3) is 11.3.